The molecule has 0 saturated heterocycles. The van der Waals surface area contributed by atoms with E-state index in [1.807, 2.05) is 0 Å². The van der Waals surface area contributed by atoms with Gasteiger partial charge in [-0.2, -0.15) is 0 Å². The van der Waals surface area contributed by atoms with Crippen molar-refractivity contribution >= 4 is 44.8 Å². The van der Waals surface area contributed by atoms with Crippen molar-refractivity contribution in [2.45, 2.75) is 0 Å². The Morgan fingerprint density at radius 2 is 2.08 bits per heavy atom. The lowest BCUT2D eigenvalue weighted by molar-refractivity contribution is 1.62. The standard InChI is InChI=1S/C9H6BrCl2N/c10-3-1-2-6-4-7(11)5-8(12)9(6)13/h4-5H,3,13H2. The third kappa shape index (κ3) is 2.80. The molecule has 0 aliphatic carbocycles. The SMILES string of the molecule is Nc1c(Cl)cc(Cl)cc1C#CCBr. The maximum Gasteiger partial charge on any atom is 0.0663 e. The normalized spacial score (nSPS) is 9.15. The summed E-state index contributed by atoms with van der Waals surface area (Å²) >= 11 is 14.8. The van der Waals surface area contributed by atoms with Gasteiger partial charge >= 0.3 is 0 Å². The summed E-state index contributed by atoms with van der Waals surface area (Å²) in [5, 5.41) is 1.57. The van der Waals surface area contributed by atoms with E-state index in [2.05, 4.69) is 27.8 Å². The van der Waals surface area contributed by atoms with Crippen molar-refractivity contribution in [2.24, 2.45) is 0 Å². The molecule has 0 fully saturated rings. The molecule has 1 rings (SSSR count). The van der Waals surface area contributed by atoms with Crippen LogP contribution in [0.4, 0.5) is 5.69 Å². The van der Waals surface area contributed by atoms with Gasteiger partial charge in [0.05, 0.1) is 21.6 Å². The van der Waals surface area contributed by atoms with E-state index in [-0.39, 0.29) is 0 Å². The summed E-state index contributed by atoms with van der Waals surface area (Å²) in [5.74, 6) is 5.68. The fourth-order valence-corrected chi connectivity index (χ4v) is 1.45. The molecule has 0 aliphatic rings. The molecule has 0 unspecified atom stereocenters. The van der Waals surface area contributed by atoms with E-state index in [1.54, 1.807) is 12.1 Å². The topological polar surface area (TPSA) is 26.0 Å². The number of nitrogen functional groups attached to an aromatic ring is 1. The molecule has 0 aliphatic heterocycles. The molecule has 4 heteroatoms. The van der Waals surface area contributed by atoms with Gasteiger partial charge in [-0.25, -0.2) is 0 Å². The molecule has 0 aromatic heterocycles. The van der Waals surface area contributed by atoms with Crippen molar-refractivity contribution in [2.75, 3.05) is 11.1 Å². The van der Waals surface area contributed by atoms with Crippen molar-refractivity contribution in [1.29, 1.82) is 0 Å². The Hall–Kier alpha value is -0.360. The molecular formula is C9H6BrCl2N. The third-order valence-corrected chi connectivity index (χ3v) is 2.20. The fourth-order valence-electron chi connectivity index (χ4n) is 0.817. The van der Waals surface area contributed by atoms with Crippen LogP contribution in [0.1, 0.15) is 5.56 Å². The first kappa shape index (κ1) is 10.7. The highest BCUT2D eigenvalue weighted by Gasteiger charge is 2.02. The molecule has 0 radical (unpaired) electrons. The number of anilines is 1. The number of rotatable bonds is 0. The van der Waals surface area contributed by atoms with Crippen molar-refractivity contribution < 1.29 is 0 Å². The molecule has 0 atom stereocenters. The Balaban J connectivity index is 3.20. The molecular weight excluding hydrogens is 273 g/mol. The average molecular weight is 279 g/mol. The minimum Gasteiger partial charge on any atom is -0.397 e. The monoisotopic (exact) mass is 277 g/mol. The van der Waals surface area contributed by atoms with Crippen LogP contribution in [0.5, 0.6) is 0 Å². The summed E-state index contributed by atoms with van der Waals surface area (Å²) in [5.41, 5.74) is 6.82. The molecule has 2 N–H and O–H groups in total. The van der Waals surface area contributed by atoms with Crippen LogP contribution in [0.25, 0.3) is 0 Å². The molecule has 1 aromatic rings. The number of alkyl halides is 1. The number of hydrogen-bond donors (Lipinski definition) is 1. The van der Waals surface area contributed by atoms with E-state index in [0.717, 1.165) is 0 Å². The van der Waals surface area contributed by atoms with Crippen LogP contribution in [-0.2, 0) is 0 Å². The number of hydrogen-bond acceptors (Lipinski definition) is 1. The van der Waals surface area contributed by atoms with Gasteiger partial charge in [0.15, 0.2) is 0 Å². The van der Waals surface area contributed by atoms with Crippen molar-refractivity contribution in [3.05, 3.63) is 27.7 Å². The van der Waals surface area contributed by atoms with Gasteiger partial charge in [-0.3, -0.25) is 0 Å². The van der Waals surface area contributed by atoms with Crippen LogP contribution < -0.4 is 5.73 Å². The Morgan fingerprint density at radius 1 is 1.38 bits per heavy atom. The summed E-state index contributed by atoms with van der Waals surface area (Å²) in [4.78, 5) is 0. The zero-order valence-electron chi connectivity index (χ0n) is 6.57. The molecule has 0 saturated carbocycles. The lowest BCUT2D eigenvalue weighted by Crippen LogP contribution is -1.91. The molecule has 0 spiro atoms. The highest BCUT2D eigenvalue weighted by Crippen LogP contribution is 2.26. The highest BCUT2D eigenvalue weighted by atomic mass is 79.9. The minimum atomic E-state index is 0.436. The van der Waals surface area contributed by atoms with Gasteiger partial charge in [0.2, 0.25) is 0 Å². The Bertz CT molecular complexity index is 379. The first-order valence-corrected chi connectivity index (χ1v) is 5.32. The van der Waals surface area contributed by atoms with Crippen LogP contribution in [0.15, 0.2) is 12.1 Å². The van der Waals surface area contributed by atoms with Crippen LogP contribution >= 0.6 is 39.1 Å². The van der Waals surface area contributed by atoms with Gasteiger partial charge in [0, 0.05) is 5.02 Å². The quantitative estimate of drug-likeness (QED) is 0.440. The molecule has 13 heavy (non-hydrogen) atoms. The summed E-state index contributed by atoms with van der Waals surface area (Å²) in [6.07, 6.45) is 0. The van der Waals surface area contributed by atoms with Crippen LogP contribution in [0, 0.1) is 11.8 Å². The van der Waals surface area contributed by atoms with E-state index >= 15 is 0 Å². The number of halogens is 3. The maximum absolute atomic E-state index is 5.81. The Kier molecular flexibility index (Phi) is 3.92. The largest absolute Gasteiger partial charge is 0.397 e. The van der Waals surface area contributed by atoms with Crippen LogP contribution in [-0.4, -0.2) is 5.33 Å². The second kappa shape index (κ2) is 4.76. The number of nitrogens with two attached hydrogens (primary N) is 1. The molecule has 0 amide bonds. The summed E-state index contributed by atoms with van der Waals surface area (Å²) in [6.45, 7) is 0. The summed E-state index contributed by atoms with van der Waals surface area (Å²) in [7, 11) is 0. The predicted octanol–water partition coefficient (Wildman–Crippen LogP) is 3.32. The number of benzene rings is 1. The molecule has 1 aromatic carbocycles. The fraction of sp³-hybridized carbons (Fsp3) is 0.111. The first-order valence-electron chi connectivity index (χ1n) is 3.44. The Morgan fingerprint density at radius 3 is 2.69 bits per heavy atom. The molecule has 68 valence electrons. The van der Waals surface area contributed by atoms with Gasteiger partial charge in [0.1, 0.15) is 0 Å². The van der Waals surface area contributed by atoms with E-state index in [4.69, 9.17) is 28.9 Å². The third-order valence-electron chi connectivity index (χ3n) is 1.38. The summed E-state index contributed by atoms with van der Waals surface area (Å²) < 4.78 is 0. The zero-order chi connectivity index (χ0) is 9.84. The van der Waals surface area contributed by atoms with Gasteiger partial charge in [0.25, 0.3) is 0 Å². The van der Waals surface area contributed by atoms with Crippen molar-refractivity contribution in [3.8, 4) is 11.8 Å². The average Bonchev–Trinajstić information content (AvgIpc) is 2.09. The van der Waals surface area contributed by atoms with Gasteiger partial charge in [-0.15, -0.1) is 0 Å². The van der Waals surface area contributed by atoms with E-state index in [9.17, 15) is 0 Å². The molecule has 0 bridgehead atoms. The minimum absolute atomic E-state index is 0.436. The smallest absolute Gasteiger partial charge is 0.0663 e. The lowest BCUT2D eigenvalue weighted by atomic mass is 10.2. The van der Waals surface area contributed by atoms with Crippen LogP contribution in [0.3, 0.4) is 0 Å². The van der Waals surface area contributed by atoms with E-state index in [1.165, 1.54) is 0 Å². The second-order valence-electron chi connectivity index (χ2n) is 2.28. The van der Waals surface area contributed by atoms with Gasteiger partial charge in [-0.1, -0.05) is 51.0 Å². The predicted molar refractivity (Wildman–Crippen MR) is 61.5 cm³/mol. The van der Waals surface area contributed by atoms with Crippen LogP contribution in [0.2, 0.25) is 10.0 Å². The zero-order valence-corrected chi connectivity index (χ0v) is 9.67. The lowest BCUT2D eigenvalue weighted by Gasteiger charge is -2.01. The Labute approximate surface area is 95.3 Å². The van der Waals surface area contributed by atoms with Crippen molar-refractivity contribution in [1.82, 2.24) is 0 Å². The van der Waals surface area contributed by atoms with Crippen molar-refractivity contribution in [3.63, 3.8) is 0 Å². The van der Waals surface area contributed by atoms with E-state index in [0.29, 0.717) is 26.6 Å². The van der Waals surface area contributed by atoms with Gasteiger partial charge in [-0.05, 0) is 12.1 Å². The second-order valence-corrected chi connectivity index (χ2v) is 3.69. The highest BCUT2D eigenvalue weighted by molar-refractivity contribution is 9.09. The maximum atomic E-state index is 5.81. The van der Waals surface area contributed by atoms with E-state index < -0.39 is 0 Å². The summed E-state index contributed by atoms with van der Waals surface area (Å²) in [6, 6.07) is 3.29. The van der Waals surface area contributed by atoms with Gasteiger partial charge < -0.3 is 5.73 Å². The first-order chi connectivity index (χ1) is 6.15. The molecule has 0 heterocycles. The molecule has 1 nitrogen and oxygen atoms in total.